The lowest BCUT2D eigenvalue weighted by Gasteiger charge is -2.09. The minimum Gasteiger partial charge on any atom is -0.408 e. The molecule has 0 atom stereocenters. The number of benzene rings is 2. The molecule has 0 saturated heterocycles. The van der Waals surface area contributed by atoms with Gasteiger partial charge < -0.3 is 9.14 Å². The third-order valence-electron chi connectivity index (χ3n) is 3.59. The van der Waals surface area contributed by atoms with Crippen molar-refractivity contribution in [1.29, 1.82) is 0 Å². The summed E-state index contributed by atoms with van der Waals surface area (Å²) < 4.78 is 10.1. The lowest BCUT2D eigenvalue weighted by atomic mass is 10.1. The largest absolute Gasteiger partial charge is 0.419 e. The van der Waals surface area contributed by atoms with Gasteiger partial charge in [-0.15, -0.1) is 0 Å². The highest BCUT2D eigenvalue weighted by Crippen LogP contribution is 2.28. The number of nitrogens with zero attached hydrogens (tertiary/aromatic N) is 1. The minimum absolute atomic E-state index is 0.334. The predicted molar refractivity (Wildman–Crippen MR) is 91.6 cm³/mol. The standard InChI is InChI=1S/C17H18N2O2S/c1-10-5-11(2)7-13(6-10)18-22-16-9-15-14(8-12(16)3)19(4)17(20)21-15/h5-9,18H,1-4H3. The second kappa shape index (κ2) is 5.57. The molecular formula is C17H18N2O2S. The van der Waals surface area contributed by atoms with Gasteiger partial charge in [0.1, 0.15) is 0 Å². The van der Waals surface area contributed by atoms with Crippen LogP contribution in [0.5, 0.6) is 0 Å². The summed E-state index contributed by atoms with van der Waals surface area (Å²) in [5.41, 5.74) is 6.05. The summed E-state index contributed by atoms with van der Waals surface area (Å²) in [4.78, 5) is 12.6. The fourth-order valence-electron chi connectivity index (χ4n) is 2.52. The molecule has 0 bridgehead atoms. The maximum Gasteiger partial charge on any atom is 0.419 e. The Morgan fingerprint density at radius 3 is 2.41 bits per heavy atom. The van der Waals surface area contributed by atoms with E-state index in [2.05, 4.69) is 36.8 Å². The summed E-state index contributed by atoms with van der Waals surface area (Å²) in [6, 6.07) is 10.2. The van der Waals surface area contributed by atoms with Crippen LogP contribution in [0.4, 0.5) is 5.69 Å². The topological polar surface area (TPSA) is 47.2 Å². The van der Waals surface area contributed by atoms with Gasteiger partial charge in [-0.05, 0) is 73.7 Å². The van der Waals surface area contributed by atoms with Crippen molar-refractivity contribution in [3.05, 3.63) is 57.6 Å². The Balaban J connectivity index is 1.90. The average molecular weight is 314 g/mol. The molecule has 5 heteroatoms. The number of oxazole rings is 1. The molecule has 1 N–H and O–H groups in total. The minimum atomic E-state index is -0.334. The van der Waals surface area contributed by atoms with Crippen molar-refractivity contribution in [1.82, 2.24) is 4.57 Å². The molecule has 0 saturated carbocycles. The SMILES string of the molecule is Cc1cc(C)cc(NSc2cc3oc(=O)n(C)c3cc2C)c1. The van der Waals surface area contributed by atoms with E-state index in [4.69, 9.17) is 4.42 Å². The Morgan fingerprint density at radius 1 is 1.05 bits per heavy atom. The Hall–Kier alpha value is -2.14. The molecule has 1 heterocycles. The van der Waals surface area contributed by atoms with Gasteiger partial charge >= 0.3 is 5.76 Å². The molecule has 4 nitrogen and oxygen atoms in total. The van der Waals surface area contributed by atoms with Gasteiger partial charge in [0.05, 0.1) is 5.52 Å². The van der Waals surface area contributed by atoms with E-state index >= 15 is 0 Å². The summed E-state index contributed by atoms with van der Waals surface area (Å²) in [7, 11) is 1.72. The van der Waals surface area contributed by atoms with Crippen LogP contribution in [-0.2, 0) is 7.05 Å². The Labute approximate surface area is 133 Å². The van der Waals surface area contributed by atoms with Crippen LogP contribution in [-0.4, -0.2) is 4.57 Å². The monoisotopic (exact) mass is 314 g/mol. The van der Waals surface area contributed by atoms with Gasteiger partial charge in [-0.25, -0.2) is 4.79 Å². The Morgan fingerprint density at radius 2 is 1.73 bits per heavy atom. The van der Waals surface area contributed by atoms with Crippen molar-refractivity contribution < 1.29 is 4.42 Å². The molecule has 0 amide bonds. The molecule has 3 aromatic rings. The van der Waals surface area contributed by atoms with Crippen molar-refractivity contribution in [3.63, 3.8) is 0 Å². The molecule has 114 valence electrons. The molecule has 0 aliphatic carbocycles. The quantitative estimate of drug-likeness (QED) is 0.737. The first-order valence-electron chi connectivity index (χ1n) is 7.05. The number of hydrogen-bond acceptors (Lipinski definition) is 4. The fourth-order valence-corrected chi connectivity index (χ4v) is 3.25. The van der Waals surface area contributed by atoms with Gasteiger partial charge in [-0.2, -0.15) is 0 Å². The van der Waals surface area contributed by atoms with E-state index in [0.717, 1.165) is 21.7 Å². The summed E-state index contributed by atoms with van der Waals surface area (Å²) in [6.07, 6.45) is 0. The molecular weight excluding hydrogens is 296 g/mol. The third-order valence-corrected chi connectivity index (χ3v) is 4.59. The van der Waals surface area contributed by atoms with Gasteiger partial charge in [-0.1, -0.05) is 6.07 Å². The number of fused-ring (bicyclic) bond motifs is 1. The fraction of sp³-hybridized carbons (Fsp3) is 0.235. The van der Waals surface area contributed by atoms with E-state index in [-0.39, 0.29) is 5.76 Å². The molecule has 0 fully saturated rings. The van der Waals surface area contributed by atoms with E-state index < -0.39 is 0 Å². The second-order valence-corrected chi connectivity index (χ2v) is 6.44. The smallest absolute Gasteiger partial charge is 0.408 e. The number of aryl methyl sites for hydroxylation is 4. The van der Waals surface area contributed by atoms with Crippen LogP contribution in [0, 0.1) is 20.8 Å². The predicted octanol–water partition coefficient (Wildman–Crippen LogP) is 4.18. The van der Waals surface area contributed by atoms with Gasteiger partial charge in [0.2, 0.25) is 0 Å². The van der Waals surface area contributed by atoms with Gasteiger partial charge in [0.25, 0.3) is 0 Å². The van der Waals surface area contributed by atoms with Gasteiger partial charge in [0, 0.05) is 17.6 Å². The van der Waals surface area contributed by atoms with Crippen LogP contribution in [0.25, 0.3) is 11.1 Å². The first-order chi connectivity index (χ1) is 10.4. The number of nitrogens with one attached hydrogen (secondary N) is 1. The summed E-state index contributed by atoms with van der Waals surface area (Å²) >= 11 is 1.53. The second-order valence-electron chi connectivity index (χ2n) is 5.59. The lowest BCUT2D eigenvalue weighted by molar-refractivity contribution is 0.527. The highest BCUT2D eigenvalue weighted by Gasteiger charge is 2.10. The molecule has 0 radical (unpaired) electrons. The highest BCUT2D eigenvalue weighted by atomic mass is 32.2. The Kier molecular flexibility index (Phi) is 3.74. The van der Waals surface area contributed by atoms with Gasteiger partial charge in [-0.3, -0.25) is 4.57 Å². The Bertz CT molecular complexity index is 889. The first kappa shape index (κ1) is 14.8. The molecule has 0 spiro atoms. The van der Waals surface area contributed by atoms with Crippen molar-refractivity contribution in [3.8, 4) is 0 Å². The van der Waals surface area contributed by atoms with Crippen LogP contribution in [0.3, 0.4) is 0 Å². The van der Waals surface area contributed by atoms with E-state index in [0.29, 0.717) is 5.58 Å². The van der Waals surface area contributed by atoms with Crippen molar-refractivity contribution in [2.24, 2.45) is 7.05 Å². The van der Waals surface area contributed by atoms with Crippen LogP contribution < -0.4 is 10.5 Å². The van der Waals surface area contributed by atoms with Crippen LogP contribution in [0.15, 0.2) is 44.4 Å². The van der Waals surface area contributed by atoms with Crippen LogP contribution in [0.1, 0.15) is 16.7 Å². The van der Waals surface area contributed by atoms with E-state index in [1.807, 2.05) is 19.1 Å². The van der Waals surface area contributed by atoms with E-state index in [1.165, 1.54) is 27.6 Å². The zero-order valence-electron chi connectivity index (χ0n) is 13.1. The summed E-state index contributed by atoms with van der Waals surface area (Å²) in [5.74, 6) is -0.334. The van der Waals surface area contributed by atoms with Crippen LogP contribution >= 0.6 is 11.9 Å². The number of rotatable bonds is 3. The molecule has 2 aromatic carbocycles. The van der Waals surface area contributed by atoms with E-state index in [1.54, 1.807) is 7.05 Å². The molecule has 0 aliphatic rings. The number of hydrogen-bond donors (Lipinski definition) is 1. The number of anilines is 1. The lowest BCUT2D eigenvalue weighted by Crippen LogP contribution is -2.08. The van der Waals surface area contributed by atoms with Crippen LogP contribution in [0.2, 0.25) is 0 Å². The third kappa shape index (κ3) is 2.76. The number of aromatic nitrogens is 1. The molecule has 0 unspecified atom stereocenters. The molecule has 1 aromatic heterocycles. The summed E-state index contributed by atoms with van der Waals surface area (Å²) in [5, 5.41) is 0. The maximum absolute atomic E-state index is 11.6. The van der Waals surface area contributed by atoms with Crippen molar-refractivity contribution in [2.45, 2.75) is 25.7 Å². The van der Waals surface area contributed by atoms with Gasteiger partial charge in [0.15, 0.2) is 5.58 Å². The summed E-state index contributed by atoms with van der Waals surface area (Å²) in [6.45, 7) is 6.19. The van der Waals surface area contributed by atoms with Crippen molar-refractivity contribution in [2.75, 3.05) is 4.72 Å². The highest BCUT2D eigenvalue weighted by molar-refractivity contribution is 8.00. The zero-order chi connectivity index (χ0) is 15.9. The average Bonchev–Trinajstić information content (AvgIpc) is 2.71. The maximum atomic E-state index is 11.6. The first-order valence-corrected chi connectivity index (χ1v) is 7.87. The molecule has 0 aliphatic heterocycles. The zero-order valence-corrected chi connectivity index (χ0v) is 13.9. The normalized spacial score (nSPS) is 11.1. The van der Waals surface area contributed by atoms with E-state index in [9.17, 15) is 4.79 Å². The molecule has 3 rings (SSSR count). The molecule has 22 heavy (non-hydrogen) atoms. The van der Waals surface area contributed by atoms with Crippen molar-refractivity contribution >= 4 is 28.7 Å².